The van der Waals surface area contributed by atoms with Crippen molar-refractivity contribution in [3.63, 3.8) is 0 Å². The molecule has 0 atom stereocenters. The summed E-state index contributed by atoms with van der Waals surface area (Å²) in [6.45, 7) is 0. The van der Waals surface area contributed by atoms with Crippen LogP contribution in [0.2, 0.25) is 0 Å². The van der Waals surface area contributed by atoms with Crippen molar-refractivity contribution in [2.45, 2.75) is 51.0 Å². The Morgan fingerprint density at radius 3 is 2.39 bits per heavy atom. The summed E-state index contributed by atoms with van der Waals surface area (Å²) >= 11 is 0. The molecule has 0 spiro atoms. The van der Waals surface area contributed by atoms with E-state index in [2.05, 4.69) is 5.32 Å². The minimum absolute atomic E-state index is 0.298. The summed E-state index contributed by atoms with van der Waals surface area (Å²) in [4.78, 5) is 0. The number of halogens is 1. The van der Waals surface area contributed by atoms with Crippen LogP contribution in [0.1, 0.15) is 44.9 Å². The molecule has 1 fully saturated rings. The maximum atomic E-state index is 13.6. The van der Waals surface area contributed by atoms with Gasteiger partial charge in [-0.1, -0.05) is 32.1 Å². The molecular weight excluding hydrogens is 229 g/mol. The predicted octanol–water partition coefficient (Wildman–Crippen LogP) is 4.36. The fourth-order valence-electron chi connectivity index (χ4n) is 2.59. The second-order valence-corrected chi connectivity index (χ2v) is 5.04. The van der Waals surface area contributed by atoms with Gasteiger partial charge >= 0.3 is 0 Å². The Morgan fingerprint density at radius 1 is 1.11 bits per heavy atom. The van der Waals surface area contributed by atoms with E-state index in [0.717, 1.165) is 5.69 Å². The van der Waals surface area contributed by atoms with Gasteiger partial charge in [0, 0.05) is 17.8 Å². The smallest absolute Gasteiger partial charge is 0.167 e. The van der Waals surface area contributed by atoms with Gasteiger partial charge in [0.1, 0.15) is 0 Å². The van der Waals surface area contributed by atoms with Crippen molar-refractivity contribution in [1.82, 2.24) is 0 Å². The monoisotopic (exact) mass is 251 g/mol. The van der Waals surface area contributed by atoms with Crippen LogP contribution in [0.15, 0.2) is 18.2 Å². The van der Waals surface area contributed by atoms with E-state index in [9.17, 15) is 4.39 Å². The first kappa shape index (κ1) is 13.2. The van der Waals surface area contributed by atoms with Gasteiger partial charge in [0.15, 0.2) is 11.6 Å². The first-order valence-electron chi connectivity index (χ1n) is 6.89. The summed E-state index contributed by atoms with van der Waals surface area (Å²) in [6, 6.07) is 5.58. The highest BCUT2D eigenvalue weighted by molar-refractivity contribution is 5.48. The Bertz CT molecular complexity index is 373. The van der Waals surface area contributed by atoms with Crippen molar-refractivity contribution in [1.29, 1.82) is 0 Å². The van der Waals surface area contributed by atoms with E-state index in [0.29, 0.717) is 11.8 Å². The minimum Gasteiger partial charge on any atom is -0.494 e. The zero-order valence-corrected chi connectivity index (χ0v) is 11.0. The molecule has 1 aromatic rings. The van der Waals surface area contributed by atoms with E-state index in [-0.39, 0.29) is 5.82 Å². The van der Waals surface area contributed by atoms with Gasteiger partial charge in [0.2, 0.25) is 0 Å². The van der Waals surface area contributed by atoms with Crippen LogP contribution >= 0.6 is 0 Å². The third-order valence-electron chi connectivity index (χ3n) is 3.63. The van der Waals surface area contributed by atoms with Gasteiger partial charge in [-0.15, -0.1) is 0 Å². The number of hydrogen-bond acceptors (Lipinski definition) is 2. The van der Waals surface area contributed by atoms with Crippen LogP contribution in [0.4, 0.5) is 10.1 Å². The number of ether oxygens (including phenoxy) is 1. The second kappa shape index (κ2) is 6.62. The summed E-state index contributed by atoms with van der Waals surface area (Å²) in [5, 5.41) is 3.45. The maximum Gasteiger partial charge on any atom is 0.167 e. The molecule has 0 saturated heterocycles. The van der Waals surface area contributed by atoms with E-state index >= 15 is 0 Å². The molecule has 1 saturated carbocycles. The fourth-order valence-corrected chi connectivity index (χ4v) is 2.59. The number of hydrogen-bond donors (Lipinski definition) is 1. The van der Waals surface area contributed by atoms with Crippen molar-refractivity contribution in [3.05, 3.63) is 24.0 Å². The molecule has 2 rings (SSSR count). The van der Waals surface area contributed by atoms with Crippen molar-refractivity contribution in [2.24, 2.45) is 0 Å². The zero-order chi connectivity index (χ0) is 12.8. The molecule has 100 valence electrons. The van der Waals surface area contributed by atoms with Crippen molar-refractivity contribution in [2.75, 3.05) is 12.4 Å². The van der Waals surface area contributed by atoms with Gasteiger partial charge in [-0.25, -0.2) is 4.39 Å². The lowest BCUT2D eigenvalue weighted by Crippen LogP contribution is -2.20. The van der Waals surface area contributed by atoms with Gasteiger partial charge in [-0.2, -0.15) is 0 Å². The summed E-state index contributed by atoms with van der Waals surface area (Å²) < 4.78 is 18.5. The molecule has 0 aromatic heterocycles. The highest BCUT2D eigenvalue weighted by Crippen LogP contribution is 2.24. The molecule has 1 N–H and O–H groups in total. The Balaban J connectivity index is 1.96. The molecule has 1 aromatic carbocycles. The van der Waals surface area contributed by atoms with Crippen LogP contribution in [0.25, 0.3) is 0 Å². The van der Waals surface area contributed by atoms with E-state index in [1.54, 1.807) is 6.07 Å². The van der Waals surface area contributed by atoms with Crippen LogP contribution in [0, 0.1) is 5.82 Å². The van der Waals surface area contributed by atoms with E-state index in [1.807, 2.05) is 6.07 Å². The van der Waals surface area contributed by atoms with Crippen LogP contribution in [0.5, 0.6) is 5.75 Å². The maximum absolute atomic E-state index is 13.6. The number of anilines is 1. The fraction of sp³-hybridized carbons (Fsp3) is 0.600. The SMILES string of the molecule is COc1ccc(NC2CCCCCCC2)cc1F. The Morgan fingerprint density at radius 2 is 1.78 bits per heavy atom. The van der Waals surface area contributed by atoms with Gasteiger partial charge in [-0.3, -0.25) is 0 Å². The van der Waals surface area contributed by atoms with Crippen LogP contribution in [0.3, 0.4) is 0 Å². The number of methoxy groups -OCH3 is 1. The summed E-state index contributed by atoms with van der Waals surface area (Å²) in [5.74, 6) is 0.00607. The lowest BCUT2D eigenvalue weighted by atomic mass is 9.96. The number of nitrogens with one attached hydrogen (secondary N) is 1. The molecule has 0 heterocycles. The summed E-state index contributed by atoms with van der Waals surface area (Å²) in [5.41, 5.74) is 0.860. The lowest BCUT2D eigenvalue weighted by molar-refractivity contribution is 0.386. The highest BCUT2D eigenvalue weighted by Gasteiger charge is 2.12. The van der Waals surface area contributed by atoms with Crippen LogP contribution < -0.4 is 10.1 Å². The molecule has 18 heavy (non-hydrogen) atoms. The molecule has 3 heteroatoms. The lowest BCUT2D eigenvalue weighted by Gasteiger charge is -2.22. The van der Waals surface area contributed by atoms with E-state index in [4.69, 9.17) is 4.74 Å². The van der Waals surface area contributed by atoms with Crippen molar-refractivity contribution in [3.8, 4) is 5.75 Å². The molecule has 0 bridgehead atoms. The Labute approximate surface area is 109 Å². The first-order chi connectivity index (χ1) is 8.79. The summed E-state index contributed by atoms with van der Waals surface area (Å²) in [7, 11) is 1.49. The van der Waals surface area contributed by atoms with Crippen molar-refractivity contribution < 1.29 is 9.13 Å². The van der Waals surface area contributed by atoms with Gasteiger partial charge in [-0.05, 0) is 25.0 Å². The molecule has 0 unspecified atom stereocenters. The average Bonchev–Trinajstić information content (AvgIpc) is 2.33. The summed E-state index contributed by atoms with van der Waals surface area (Å²) in [6.07, 6.45) is 8.95. The first-order valence-corrected chi connectivity index (χ1v) is 6.89. The van der Waals surface area contributed by atoms with E-state index in [1.165, 1.54) is 58.1 Å². The molecule has 2 nitrogen and oxygen atoms in total. The van der Waals surface area contributed by atoms with Crippen LogP contribution in [-0.2, 0) is 0 Å². The molecule has 0 radical (unpaired) electrons. The van der Waals surface area contributed by atoms with Gasteiger partial charge in [0.25, 0.3) is 0 Å². The molecule has 1 aliphatic carbocycles. The highest BCUT2D eigenvalue weighted by atomic mass is 19.1. The molecule has 0 amide bonds. The standard InChI is InChI=1S/C15H22FNO/c1-18-15-10-9-13(11-14(15)16)17-12-7-5-3-2-4-6-8-12/h9-12,17H,2-8H2,1H3. The number of rotatable bonds is 3. The third kappa shape index (κ3) is 3.62. The quantitative estimate of drug-likeness (QED) is 0.861. The normalized spacial score (nSPS) is 17.9. The predicted molar refractivity (Wildman–Crippen MR) is 72.7 cm³/mol. The van der Waals surface area contributed by atoms with Gasteiger partial charge in [0.05, 0.1) is 7.11 Å². The Hall–Kier alpha value is -1.25. The molecular formula is C15H22FNO. The second-order valence-electron chi connectivity index (χ2n) is 5.04. The molecule has 1 aliphatic rings. The Kier molecular flexibility index (Phi) is 4.85. The third-order valence-corrected chi connectivity index (χ3v) is 3.63. The zero-order valence-electron chi connectivity index (χ0n) is 11.0. The minimum atomic E-state index is -0.298. The molecule has 0 aliphatic heterocycles. The van der Waals surface area contributed by atoms with E-state index < -0.39 is 0 Å². The van der Waals surface area contributed by atoms with Crippen molar-refractivity contribution >= 4 is 5.69 Å². The topological polar surface area (TPSA) is 21.3 Å². The number of benzene rings is 1. The average molecular weight is 251 g/mol. The largest absolute Gasteiger partial charge is 0.494 e. The van der Waals surface area contributed by atoms with Crippen LogP contribution in [-0.4, -0.2) is 13.2 Å². The van der Waals surface area contributed by atoms with Gasteiger partial charge < -0.3 is 10.1 Å².